The Kier molecular flexibility index (Phi) is 5.91. The minimum Gasteiger partial charge on any atom is -0.480 e. The molecule has 3 amide bonds. The highest BCUT2D eigenvalue weighted by atomic mass is 32.1. The van der Waals surface area contributed by atoms with Gasteiger partial charge in [-0.15, -0.1) is 11.3 Å². The molecule has 0 aromatic carbocycles. The summed E-state index contributed by atoms with van der Waals surface area (Å²) in [7, 11) is 0. The zero-order valence-electron chi connectivity index (χ0n) is 11.1. The van der Waals surface area contributed by atoms with E-state index in [4.69, 9.17) is 5.11 Å². The fourth-order valence-electron chi connectivity index (χ4n) is 1.15. The van der Waals surface area contributed by atoms with Gasteiger partial charge in [0, 0.05) is 5.38 Å². The number of carbonyl (C=O) groups excluding carboxylic acids is 2. The monoisotopic (exact) mass is 300 g/mol. The van der Waals surface area contributed by atoms with E-state index in [1.54, 1.807) is 0 Å². The predicted octanol–water partition coefficient (Wildman–Crippen LogP) is 0.589. The number of urea groups is 1. The highest BCUT2D eigenvalue weighted by Gasteiger charge is 2.10. The minimum atomic E-state index is -1.15. The van der Waals surface area contributed by atoms with E-state index in [-0.39, 0.29) is 12.5 Å². The molecule has 4 N–H and O–H groups in total. The lowest BCUT2D eigenvalue weighted by atomic mass is 10.2. The molecule has 0 fully saturated rings. The molecule has 1 heterocycles. The number of hydrogen-bond donors (Lipinski definition) is 4. The number of amides is 3. The molecular formula is C11H16N4O4S. The number of thiazole rings is 1. The molecule has 0 aliphatic heterocycles. The third-order valence-corrected chi connectivity index (χ3v) is 2.96. The molecule has 8 nitrogen and oxygen atoms in total. The van der Waals surface area contributed by atoms with Gasteiger partial charge in [-0.2, -0.15) is 0 Å². The molecule has 0 aliphatic rings. The van der Waals surface area contributed by atoms with Crippen molar-refractivity contribution >= 4 is 34.4 Å². The van der Waals surface area contributed by atoms with Crippen LogP contribution >= 0.6 is 11.3 Å². The van der Waals surface area contributed by atoms with Crippen molar-refractivity contribution in [3.8, 4) is 0 Å². The molecule has 0 aliphatic carbocycles. The molecule has 0 atom stereocenters. The molecule has 110 valence electrons. The van der Waals surface area contributed by atoms with Crippen molar-refractivity contribution in [1.29, 1.82) is 0 Å². The molecule has 1 aromatic heterocycles. The number of nitrogens with one attached hydrogen (secondary N) is 3. The zero-order chi connectivity index (χ0) is 15.1. The number of carboxylic acids is 1. The van der Waals surface area contributed by atoms with Crippen LogP contribution in [0.2, 0.25) is 0 Å². The van der Waals surface area contributed by atoms with Crippen molar-refractivity contribution < 1.29 is 19.5 Å². The Bertz CT molecular complexity index is 500. The predicted molar refractivity (Wildman–Crippen MR) is 73.9 cm³/mol. The smallest absolute Gasteiger partial charge is 0.322 e. The Morgan fingerprint density at radius 3 is 2.55 bits per heavy atom. The van der Waals surface area contributed by atoms with Gasteiger partial charge >= 0.3 is 12.0 Å². The molecule has 20 heavy (non-hydrogen) atoms. The fraction of sp³-hybridized carbons (Fsp3) is 0.455. The van der Waals surface area contributed by atoms with Crippen LogP contribution in [0.4, 0.5) is 9.93 Å². The number of nitrogens with zero attached hydrogens (tertiary/aromatic N) is 1. The van der Waals surface area contributed by atoms with E-state index in [9.17, 15) is 14.4 Å². The van der Waals surface area contributed by atoms with Crippen LogP contribution in [0.5, 0.6) is 0 Å². The zero-order valence-corrected chi connectivity index (χ0v) is 11.9. The Morgan fingerprint density at radius 2 is 2.00 bits per heavy atom. The van der Waals surface area contributed by atoms with Crippen LogP contribution in [0.25, 0.3) is 0 Å². The van der Waals surface area contributed by atoms with Gasteiger partial charge in [-0.1, -0.05) is 13.8 Å². The van der Waals surface area contributed by atoms with Gasteiger partial charge < -0.3 is 15.7 Å². The summed E-state index contributed by atoms with van der Waals surface area (Å²) in [5.41, 5.74) is 0.879. The number of aliphatic carboxylic acids is 1. The molecule has 1 rings (SSSR count). The van der Waals surface area contributed by atoms with Gasteiger partial charge in [-0.3, -0.25) is 14.9 Å². The number of anilines is 1. The van der Waals surface area contributed by atoms with Gasteiger partial charge in [0.05, 0.1) is 12.2 Å². The summed E-state index contributed by atoms with van der Waals surface area (Å²) in [6.45, 7) is 3.20. The van der Waals surface area contributed by atoms with Crippen LogP contribution in [0.3, 0.4) is 0 Å². The molecule has 0 unspecified atom stereocenters. The third-order valence-electron chi connectivity index (χ3n) is 2.18. The fourth-order valence-corrected chi connectivity index (χ4v) is 2.01. The number of carboxylic acid groups (broad SMARTS) is 1. The first-order valence-electron chi connectivity index (χ1n) is 5.87. The first-order valence-corrected chi connectivity index (χ1v) is 6.75. The molecular weight excluding hydrogens is 284 g/mol. The maximum atomic E-state index is 11.5. The average Bonchev–Trinajstić information content (AvgIpc) is 2.82. The van der Waals surface area contributed by atoms with E-state index in [0.717, 1.165) is 5.69 Å². The van der Waals surface area contributed by atoms with Crippen LogP contribution in [-0.2, 0) is 9.59 Å². The van der Waals surface area contributed by atoms with Crippen molar-refractivity contribution in [3.05, 3.63) is 11.1 Å². The van der Waals surface area contributed by atoms with E-state index in [1.807, 2.05) is 19.2 Å². The summed E-state index contributed by atoms with van der Waals surface area (Å²) in [5.74, 6) is -1.46. The molecule has 9 heteroatoms. The standard InChI is InChI=1S/C11H16N4O4S/c1-6(2)7-5-20-11(14-7)15-10(19)13-3-8(16)12-4-9(17)18/h5-6H,3-4H2,1-2H3,(H,12,16)(H,17,18)(H2,13,14,15,19). The largest absolute Gasteiger partial charge is 0.480 e. The Hall–Kier alpha value is -2.16. The molecule has 0 saturated heterocycles. The second kappa shape index (κ2) is 7.43. The summed E-state index contributed by atoms with van der Waals surface area (Å²) in [6, 6.07) is -0.569. The van der Waals surface area contributed by atoms with Gasteiger partial charge in [-0.05, 0) is 5.92 Å². The number of aromatic nitrogens is 1. The van der Waals surface area contributed by atoms with E-state index in [2.05, 4.69) is 20.9 Å². The summed E-state index contributed by atoms with van der Waals surface area (Å²) < 4.78 is 0. The van der Waals surface area contributed by atoms with E-state index in [1.165, 1.54) is 11.3 Å². The summed E-state index contributed by atoms with van der Waals surface area (Å²) in [6.07, 6.45) is 0. The lowest BCUT2D eigenvalue weighted by molar-refractivity contribution is -0.137. The van der Waals surface area contributed by atoms with Crippen molar-refractivity contribution in [3.63, 3.8) is 0 Å². The van der Waals surface area contributed by atoms with Gasteiger partial charge in [0.2, 0.25) is 5.91 Å². The highest BCUT2D eigenvalue weighted by molar-refractivity contribution is 7.13. The molecule has 0 spiro atoms. The second-order valence-electron chi connectivity index (χ2n) is 4.21. The maximum absolute atomic E-state index is 11.5. The molecule has 0 bridgehead atoms. The topological polar surface area (TPSA) is 120 Å². The first-order chi connectivity index (χ1) is 9.38. The van der Waals surface area contributed by atoms with Crippen LogP contribution in [0.1, 0.15) is 25.5 Å². The van der Waals surface area contributed by atoms with E-state index < -0.39 is 24.5 Å². The SMILES string of the molecule is CC(C)c1csc(NC(=O)NCC(=O)NCC(=O)O)n1. The highest BCUT2D eigenvalue weighted by Crippen LogP contribution is 2.21. The minimum absolute atomic E-state index is 0.270. The van der Waals surface area contributed by atoms with Gasteiger partial charge in [0.15, 0.2) is 5.13 Å². The first kappa shape index (κ1) is 15.9. The summed E-state index contributed by atoms with van der Waals surface area (Å²) in [5, 5.41) is 17.6. The van der Waals surface area contributed by atoms with Crippen molar-refractivity contribution in [2.75, 3.05) is 18.4 Å². The number of rotatable bonds is 6. The molecule has 0 saturated carbocycles. The van der Waals surface area contributed by atoms with Gasteiger partial charge in [-0.25, -0.2) is 9.78 Å². The van der Waals surface area contributed by atoms with Crippen LogP contribution in [0.15, 0.2) is 5.38 Å². The Labute approximate surface area is 119 Å². The Balaban J connectivity index is 2.32. The normalized spacial score (nSPS) is 10.2. The number of carbonyl (C=O) groups is 3. The van der Waals surface area contributed by atoms with Crippen LogP contribution < -0.4 is 16.0 Å². The number of hydrogen-bond acceptors (Lipinski definition) is 5. The lowest BCUT2D eigenvalue weighted by Gasteiger charge is -2.05. The quantitative estimate of drug-likeness (QED) is 0.613. The lowest BCUT2D eigenvalue weighted by Crippen LogP contribution is -2.40. The third kappa shape index (κ3) is 5.65. The van der Waals surface area contributed by atoms with Gasteiger partial charge in [0.1, 0.15) is 6.54 Å². The average molecular weight is 300 g/mol. The summed E-state index contributed by atoms with van der Waals surface area (Å²) in [4.78, 5) is 37.1. The van der Waals surface area contributed by atoms with Crippen molar-refractivity contribution in [1.82, 2.24) is 15.6 Å². The van der Waals surface area contributed by atoms with E-state index in [0.29, 0.717) is 5.13 Å². The van der Waals surface area contributed by atoms with Crippen molar-refractivity contribution in [2.45, 2.75) is 19.8 Å². The summed E-state index contributed by atoms with van der Waals surface area (Å²) >= 11 is 1.29. The van der Waals surface area contributed by atoms with Gasteiger partial charge in [0.25, 0.3) is 0 Å². The second-order valence-corrected chi connectivity index (χ2v) is 5.07. The maximum Gasteiger partial charge on any atom is 0.322 e. The van der Waals surface area contributed by atoms with Crippen LogP contribution in [-0.4, -0.2) is 41.1 Å². The molecule has 1 aromatic rings. The van der Waals surface area contributed by atoms with Crippen LogP contribution in [0, 0.1) is 0 Å². The molecule has 0 radical (unpaired) electrons. The Morgan fingerprint density at radius 1 is 1.30 bits per heavy atom. The van der Waals surface area contributed by atoms with Crippen molar-refractivity contribution in [2.24, 2.45) is 0 Å². The van der Waals surface area contributed by atoms with E-state index >= 15 is 0 Å².